The molecule has 2 rings (SSSR count). The van der Waals surface area contributed by atoms with Crippen molar-refractivity contribution in [1.29, 1.82) is 0 Å². The number of hydrogen-bond donors (Lipinski definition) is 1. The normalized spacial score (nSPS) is 10.8. The van der Waals surface area contributed by atoms with Crippen LogP contribution in [0.25, 0.3) is 5.69 Å². The van der Waals surface area contributed by atoms with Gasteiger partial charge in [-0.05, 0) is 32.9 Å². The Balaban J connectivity index is 2.59. The lowest BCUT2D eigenvalue weighted by Gasteiger charge is -2.10. The Hall–Kier alpha value is -1.61. The molecule has 84 valence electrons. The van der Waals surface area contributed by atoms with Crippen molar-refractivity contribution < 1.29 is 5.11 Å². The first kappa shape index (κ1) is 10.9. The molecule has 1 aromatic heterocycles. The van der Waals surface area contributed by atoms with Crippen molar-refractivity contribution >= 4 is 0 Å². The van der Waals surface area contributed by atoms with Gasteiger partial charge >= 0.3 is 0 Å². The number of nitrogens with zero attached hydrogens (tertiary/aromatic N) is 2. The van der Waals surface area contributed by atoms with E-state index in [1.807, 2.05) is 49.7 Å². The third-order valence-corrected chi connectivity index (χ3v) is 2.64. The highest BCUT2D eigenvalue weighted by atomic mass is 16.3. The number of rotatable bonds is 2. The van der Waals surface area contributed by atoms with Crippen molar-refractivity contribution in [1.82, 2.24) is 9.78 Å². The number of aryl methyl sites for hydroxylation is 3. The van der Waals surface area contributed by atoms with Crippen molar-refractivity contribution in [2.45, 2.75) is 27.4 Å². The van der Waals surface area contributed by atoms with Crippen LogP contribution in [0, 0.1) is 20.8 Å². The quantitative estimate of drug-likeness (QED) is 0.836. The second-order valence-electron chi connectivity index (χ2n) is 4.13. The van der Waals surface area contributed by atoms with Gasteiger partial charge in [0.1, 0.15) is 0 Å². The molecule has 16 heavy (non-hydrogen) atoms. The van der Waals surface area contributed by atoms with E-state index in [0.717, 1.165) is 28.2 Å². The van der Waals surface area contributed by atoms with Gasteiger partial charge in [-0.1, -0.05) is 17.7 Å². The minimum absolute atomic E-state index is 0.0371. The predicted octanol–water partition coefficient (Wildman–Crippen LogP) is 2.29. The van der Waals surface area contributed by atoms with Gasteiger partial charge in [0.05, 0.1) is 18.0 Å². The van der Waals surface area contributed by atoms with Crippen LogP contribution in [0.2, 0.25) is 0 Å². The minimum Gasteiger partial charge on any atom is -0.392 e. The van der Waals surface area contributed by atoms with E-state index in [0.29, 0.717) is 0 Å². The van der Waals surface area contributed by atoms with E-state index in [9.17, 15) is 5.11 Å². The van der Waals surface area contributed by atoms with Gasteiger partial charge in [0.15, 0.2) is 0 Å². The molecule has 2 aromatic rings. The molecule has 3 heteroatoms. The molecular weight excluding hydrogens is 200 g/mol. The van der Waals surface area contributed by atoms with E-state index in [1.165, 1.54) is 0 Å². The molecule has 1 heterocycles. The third kappa shape index (κ3) is 1.86. The maximum atomic E-state index is 9.36. The van der Waals surface area contributed by atoms with Crippen LogP contribution in [0.4, 0.5) is 0 Å². The zero-order valence-corrected chi connectivity index (χ0v) is 9.86. The summed E-state index contributed by atoms with van der Waals surface area (Å²) in [6, 6.07) is 8.05. The number of aliphatic hydroxyl groups is 1. The molecule has 0 fully saturated rings. The van der Waals surface area contributed by atoms with E-state index in [1.54, 1.807) is 0 Å². The molecule has 0 unspecified atom stereocenters. The van der Waals surface area contributed by atoms with Gasteiger partial charge in [-0.2, -0.15) is 5.10 Å². The minimum atomic E-state index is 0.0371. The molecule has 0 spiro atoms. The molecule has 1 aromatic carbocycles. The number of benzene rings is 1. The van der Waals surface area contributed by atoms with Crippen LogP contribution in [-0.4, -0.2) is 14.9 Å². The van der Waals surface area contributed by atoms with Crippen LogP contribution in [-0.2, 0) is 6.61 Å². The van der Waals surface area contributed by atoms with Crippen LogP contribution in [0.1, 0.15) is 22.5 Å². The van der Waals surface area contributed by atoms with Gasteiger partial charge in [-0.15, -0.1) is 0 Å². The molecule has 1 N–H and O–H groups in total. The van der Waals surface area contributed by atoms with E-state index < -0.39 is 0 Å². The Morgan fingerprint density at radius 2 is 1.94 bits per heavy atom. The zero-order valence-electron chi connectivity index (χ0n) is 9.86. The van der Waals surface area contributed by atoms with Crippen molar-refractivity contribution in [2.75, 3.05) is 0 Å². The summed E-state index contributed by atoms with van der Waals surface area (Å²) in [6.45, 7) is 6.04. The lowest BCUT2D eigenvalue weighted by Crippen LogP contribution is -2.03. The monoisotopic (exact) mass is 216 g/mol. The number of hydrogen-bond acceptors (Lipinski definition) is 2. The standard InChI is InChI=1S/C13H16N2O/c1-9-4-5-13(12(6-9)8-16)15-11(3)7-10(2)14-15/h4-7,16H,8H2,1-3H3. The van der Waals surface area contributed by atoms with Gasteiger partial charge < -0.3 is 5.11 Å². The second-order valence-corrected chi connectivity index (χ2v) is 4.13. The Kier molecular flexibility index (Phi) is 2.79. The molecule has 0 saturated carbocycles. The molecule has 0 aliphatic heterocycles. The van der Waals surface area contributed by atoms with E-state index in [4.69, 9.17) is 0 Å². The number of aromatic nitrogens is 2. The summed E-state index contributed by atoms with van der Waals surface area (Å²) in [5.74, 6) is 0. The molecular formula is C13H16N2O. The highest BCUT2D eigenvalue weighted by Gasteiger charge is 2.08. The SMILES string of the molecule is Cc1ccc(-n2nc(C)cc2C)c(CO)c1. The summed E-state index contributed by atoms with van der Waals surface area (Å²) in [4.78, 5) is 0. The topological polar surface area (TPSA) is 38.0 Å². The fraction of sp³-hybridized carbons (Fsp3) is 0.308. The molecule has 0 radical (unpaired) electrons. The lowest BCUT2D eigenvalue weighted by atomic mass is 10.1. The van der Waals surface area contributed by atoms with Crippen molar-refractivity contribution in [2.24, 2.45) is 0 Å². The maximum Gasteiger partial charge on any atom is 0.0704 e. The highest BCUT2D eigenvalue weighted by Crippen LogP contribution is 2.18. The van der Waals surface area contributed by atoms with Crippen LogP contribution in [0.15, 0.2) is 24.3 Å². The summed E-state index contributed by atoms with van der Waals surface area (Å²) in [5, 5.41) is 13.8. The summed E-state index contributed by atoms with van der Waals surface area (Å²) < 4.78 is 1.88. The Labute approximate surface area is 95.3 Å². The zero-order chi connectivity index (χ0) is 11.7. The van der Waals surface area contributed by atoms with Gasteiger partial charge in [0.25, 0.3) is 0 Å². The fourth-order valence-electron chi connectivity index (χ4n) is 1.92. The number of aliphatic hydroxyl groups excluding tert-OH is 1. The van der Waals surface area contributed by atoms with Gasteiger partial charge in [0.2, 0.25) is 0 Å². The molecule has 0 bridgehead atoms. The van der Waals surface area contributed by atoms with E-state index in [-0.39, 0.29) is 6.61 Å². The molecule has 0 aliphatic rings. The van der Waals surface area contributed by atoms with Crippen molar-refractivity contribution in [3.8, 4) is 5.69 Å². The molecule has 0 atom stereocenters. The van der Waals surface area contributed by atoms with Crippen LogP contribution < -0.4 is 0 Å². The van der Waals surface area contributed by atoms with Crippen molar-refractivity contribution in [3.05, 3.63) is 46.8 Å². The third-order valence-electron chi connectivity index (χ3n) is 2.64. The summed E-state index contributed by atoms with van der Waals surface area (Å²) >= 11 is 0. The first-order valence-corrected chi connectivity index (χ1v) is 5.36. The van der Waals surface area contributed by atoms with Crippen LogP contribution in [0.3, 0.4) is 0 Å². The Bertz CT molecular complexity index is 515. The van der Waals surface area contributed by atoms with Gasteiger partial charge in [-0.3, -0.25) is 0 Å². The first-order valence-electron chi connectivity index (χ1n) is 5.36. The molecule has 0 amide bonds. The summed E-state index contributed by atoms with van der Waals surface area (Å²) in [5.41, 5.74) is 5.08. The predicted molar refractivity (Wildman–Crippen MR) is 63.7 cm³/mol. The summed E-state index contributed by atoms with van der Waals surface area (Å²) in [7, 11) is 0. The smallest absolute Gasteiger partial charge is 0.0704 e. The largest absolute Gasteiger partial charge is 0.392 e. The summed E-state index contributed by atoms with van der Waals surface area (Å²) in [6.07, 6.45) is 0. The van der Waals surface area contributed by atoms with Crippen LogP contribution >= 0.6 is 0 Å². The average Bonchev–Trinajstić information content (AvgIpc) is 2.57. The first-order chi connectivity index (χ1) is 7.61. The van der Waals surface area contributed by atoms with E-state index >= 15 is 0 Å². The lowest BCUT2D eigenvalue weighted by molar-refractivity contribution is 0.281. The Morgan fingerprint density at radius 3 is 2.50 bits per heavy atom. The van der Waals surface area contributed by atoms with Crippen molar-refractivity contribution in [3.63, 3.8) is 0 Å². The maximum absolute atomic E-state index is 9.36. The van der Waals surface area contributed by atoms with E-state index in [2.05, 4.69) is 5.10 Å². The Morgan fingerprint density at radius 1 is 1.19 bits per heavy atom. The van der Waals surface area contributed by atoms with Crippen LogP contribution in [0.5, 0.6) is 0 Å². The molecule has 0 saturated heterocycles. The average molecular weight is 216 g/mol. The molecule has 3 nitrogen and oxygen atoms in total. The fourth-order valence-corrected chi connectivity index (χ4v) is 1.92. The van der Waals surface area contributed by atoms with Gasteiger partial charge in [-0.25, -0.2) is 4.68 Å². The second kappa shape index (κ2) is 4.10. The molecule has 0 aliphatic carbocycles. The van der Waals surface area contributed by atoms with Gasteiger partial charge in [0, 0.05) is 11.3 Å². The highest BCUT2D eigenvalue weighted by molar-refractivity contribution is 5.43.